The van der Waals surface area contributed by atoms with Crippen molar-refractivity contribution in [3.63, 3.8) is 0 Å². The van der Waals surface area contributed by atoms with Crippen LogP contribution in [-0.4, -0.2) is 10.9 Å². The zero-order chi connectivity index (χ0) is 13.0. The lowest BCUT2D eigenvalue weighted by Gasteiger charge is -2.05. The van der Waals surface area contributed by atoms with Gasteiger partial charge in [0.15, 0.2) is 0 Å². The van der Waals surface area contributed by atoms with E-state index in [2.05, 4.69) is 10.3 Å². The Hall–Kier alpha value is -1.58. The van der Waals surface area contributed by atoms with Crippen molar-refractivity contribution in [2.24, 2.45) is 0 Å². The summed E-state index contributed by atoms with van der Waals surface area (Å²) in [6.07, 6.45) is 3.49. The first-order valence-corrected chi connectivity index (χ1v) is 6.04. The normalized spacial score (nSPS) is 10.1. The van der Waals surface area contributed by atoms with Gasteiger partial charge in [-0.25, -0.2) is 0 Å². The van der Waals surface area contributed by atoms with Crippen LogP contribution < -0.4 is 5.32 Å². The summed E-state index contributed by atoms with van der Waals surface area (Å²) in [7, 11) is 0. The number of nitrogens with zero attached hydrogens (tertiary/aromatic N) is 1. The van der Waals surface area contributed by atoms with Crippen molar-refractivity contribution in [2.75, 3.05) is 5.32 Å². The summed E-state index contributed by atoms with van der Waals surface area (Å²) in [4.78, 5) is 15.6. The minimum Gasteiger partial charge on any atom is -0.326 e. The highest BCUT2D eigenvalue weighted by atomic mass is 35.5. The van der Waals surface area contributed by atoms with Gasteiger partial charge in [0.05, 0.1) is 16.5 Å². The van der Waals surface area contributed by atoms with Crippen LogP contribution in [0, 0.1) is 0 Å². The molecule has 0 saturated carbocycles. The SMILES string of the molecule is O=C(Cc1ccc(Cl)c(Cl)c1)Nc1ccncc1. The lowest BCUT2D eigenvalue weighted by molar-refractivity contribution is -0.115. The van der Waals surface area contributed by atoms with Gasteiger partial charge in [-0.15, -0.1) is 0 Å². The Morgan fingerprint density at radius 1 is 1.11 bits per heavy atom. The molecule has 0 aliphatic carbocycles. The third kappa shape index (κ3) is 3.45. The highest BCUT2D eigenvalue weighted by Crippen LogP contribution is 2.22. The number of benzene rings is 1. The maximum atomic E-state index is 11.8. The number of halogens is 2. The summed E-state index contributed by atoms with van der Waals surface area (Å²) in [6, 6.07) is 8.61. The standard InChI is InChI=1S/C13H10Cl2N2O/c14-11-2-1-9(7-12(11)15)8-13(18)17-10-3-5-16-6-4-10/h1-7H,8H2,(H,16,17,18). The third-order valence-corrected chi connectivity index (χ3v) is 3.05. The Balaban J connectivity index is 2.01. The Bertz CT molecular complexity index is 558. The van der Waals surface area contributed by atoms with Crippen molar-refractivity contribution in [1.82, 2.24) is 4.98 Å². The molecule has 0 bridgehead atoms. The van der Waals surface area contributed by atoms with Crippen molar-refractivity contribution in [3.05, 3.63) is 58.3 Å². The monoisotopic (exact) mass is 280 g/mol. The van der Waals surface area contributed by atoms with Gasteiger partial charge >= 0.3 is 0 Å². The third-order valence-electron chi connectivity index (χ3n) is 2.31. The molecule has 0 aliphatic rings. The number of anilines is 1. The van der Waals surface area contributed by atoms with E-state index >= 15 is 0 Å². The average molecular weight is 281 g/mol. The molecular weight excluding hydrogens is 271 g/mol. The summed E-state index contributed by atoms with van der Waals surface area (Å²) >= 11 is 11.7. The van der Waals surface area contributed by atoms with Crippen LogP contribution in [-0.2, 0) is 11.2 Å². The number of hydrogen-bond acceptors (Lipinski definition) is 2. The number of amides is 1. The fourth-order valence-electron chi connectivity index (χ4n) is 1.48. The molecule has 0 fully saturated rings. The lowest BCUT2D eigenvalue weighted by Crippen LogP contribution is -2.14. The van der Waals surface area contributed by atoms with E-state index in [0.29, 0.717) is 10.0 Å². The Morgan fingerprint density at radius 3 is 2.50 bits per heavy atom. The molecule has 18 heavy (non-hydrogen) atoms. The van der Waals surface area contributed by atoms with Gasteiger partial charge in [-0.2, -0.15) is 0 Å². The highest BCUT2D eigenvalue weighted by molar-refractivity contribution is 6.42. The molecule has 1 amide bonds. The molecule has 0 spiro atoms. The van der Waals surface area contributed by atoms with E-state index in [0.717, 1.165) is 11.3 Å². The molecule has 0 saturated heterocycles. The summed E-state index contributed by atoms with van der Waals surface area (Å²) < 4.78 is 0. The van der Waals surface area contributed by atoms with Gasteiger partial charge < -0.3 is 5.32 Å². The highest BCUT2D eigenvalue weighted by Gasteiger charge is 2.06. The minimum atomic E-state index is -0.111. The molecule has 2 aromatic rings. The van der Waals surface area contributed by atoms with Gasteiger partial charge in [0, 0.05) is 18.1 Å². The maximum Gasteiger partial charge on any atom is 0.228 e. The Labute approximate surface area is 115 Å². The molecular formula is C13H10Cl2N2O. The lowest BCUT2D eigenvalue weighted by atomic mass is 10.1. The molecule has 0 radical (unpaired) electrons. The quantitative estimate of drug-likeness (QED) is 0.934. The number of carbonyl (C=O) groups excluding carboxylic acids is 1. The minimum absolute atomic E-state index is 0.111. The Kier molecular flexibility index (Phi) is 4.18. The summed E-state index contributed by atoms with van der Waals surface area (Å²) in [5.74, 6) is -0.111. The van der Waals surface area contributed by atoms with Gasteiger partial charge in [0.25, 0.3) is 0 Å². The van der Waals surface area contributed by atoms with E-state index in [1.54, 1.807) is 42.7 Å². The van der Waals surface area contributed by atoms with E-state index in [1.165, 1.54) is 0 Å². The summed E-state index contributed by atoms with van der Waals surface area (Å²) in [5.41, 5.74) is 1.53. The zero-order valence-electron chi connectivity index (χ0n) is 9.36. The van der Waals surface area contributed by atoms with Crippen LogP contribution in [0.5, 0.6) is 0 Å². The predicted molar refractivity (Wildman–Crippen MR) is 73.0 cm³/mol. The molecule has 3 nitrogen and oxygen atoms in total. The molecule has 1 aromatic carbocycles. The van der Waals surface area contributed by atoms with Crippen LogP contribution in [0.4, 0.5) is 5.69 Å². The van der Waals surface area contributed by atoms with Crippen molar-refractivity contribution in [3.8, 4) is 0 Å². The first-order valence-electron chi connectivity index (χ1n) is 5.29. The van der Waals surface area contributed by atoms with Crippen molar-refractivity contribution in [1.29, 1.82) is 0 Å². The van der Waals surface area contributed by atoms with E-state index in [4.69, 9.17) is 23.2 Å². The average Bonchev–Trinajstić information content (AvgIpc) is 2.35. The molecule has 1 N–H and O–H groups in total. The molecule has 0 unspecified atom stereocenters. The van der Waals surface area contributed by atoms with Gasteiger partial charge in [-0.05, 0) is 29.8 Å². The molecule has 0 atom stereocenters. The Morgan fingerprint density at radius 2 is 1.83 bits per heavy atom. The smallest absolute Gasteiger partial charge is 0.228 e. The fourth-order valence-corrected chi connectivity index (χ4v) is 1.80. The number of hydrogen-bond donors (Lipinski definition) is 1. The summed E-state index contributed by atoms with van der Waals surface area (Å²) in [5, 5.41) is 3.70. The summed E-state index contributed by atoms with van der Waals surface area (Å²) in [6.45, 7) is 0. The van der Waals surface area contributed by atoms with Crippen LogP contribution in [0.3, 0.4) is 0 Å². The van der Waals surface area contributed by atoms with Crippen molar-refractivity contribution >= 4 is 34.8 Å². The topological polar surface area (TPSA) is 42.0 Å². The molecule has 1 heterocycles. The van der Waals surface area contributed by atoms with E-state index in [-0.39, 0.29) is 12.3 Å². The van der Waals surface area contributed by atoms with E-state index < -0.39 is 0 Å². The van der Waals surface area contributed by atoms with Gasteiger partial charge in [0.1, 0.15) is 0 Å². The van der Waals surface area contributed by atoms with Gasteiger partial charge in [-0.1, -0.05) is 29.3 Å². The molecule has 5 heteroatoms. The van der Waals surface area contributed by atoms with Crippen LogP contribution in [0.1, 0.15) is 5.56 Å². The first kappa shape index (κ1) is 12.9. The fraction of sp³-hybridized carbons (Fsp3) is 0.0769. The van der Waals surface area contributed by atoms with Crippen LogP contribution >= 0.6 is 23.2 Å². The van der Waals surface area contributed by atoms with Crippen molar-refractivity contribution in [2.45, 2.75) is 6.42 Å². The molecule has 2 rings (SSSR count). The maximum absolute atomic E-state index is 11.8. The van der Waals surface area contributed by atoms with E-state index in [9.17, 15) is 4.79 Å². The molecule has 92 valence electrons. The number of aromatic nitrogens is 1. The van der Waals surface area contributed by atoms with Crippen LogP contribution in [0.25, 0.3) is 0 Å². The van der Waals surface area contributed by atoms with Crippen LogP contribution in [0.2, 0.25) is 10.0 Å². The van der Waals surface area contributed by atoms with Crippen molar-refractivity contribution < 1.29 is 4.79 Å². The molecule has 1 aromatic heterocycles. The van der Waals surface area contributed by atoms with Gasteiger partial charge in [-0.3, -0.25) is 9.78 Å². The van der Waals surface area contributed by atoms with E-state index in [1.807, 2.05) is 0 Å². The van der Waals surface area contributed by atoms with Gasteiger partial charge in [0.2, 0.25) is 5.91 Å². The first-order chi connectivity index (χ1) is 8.65. The second-order valence-electron chi connectivity index (χ2n) is 3.71. The second-order valence-corrected chi connectivity index (χ2v) is 4.52. The largest absolute Gasteiger partial charge is 0.326 e. The van der Waals surface area contributed by atoms with Crippen LogP contribution in [0.15, 0.2) is 42.7 Å². The second kappa shape index (κ2) is 5.85. The number of nitrogens with one attached hydrogen (secondary N) is 1. The number of pyridine rings is 1. The zero-order valence-corrected chi connectivity index (χ0v) is 10.9. The number of carbonyl (C=O) groups is 1. The number of rotatable bonds is 3. The predicted octanol–water partition coefficient (Wildman–Crippen LogP) is 3.57. The molecule has 0 aliphatic heterocycles.